The van der Waals surface area contributed by atoms with Crippen LogP contribution in [-0.4, -0.2) is 49.0 Å². The van der Waals surface area contributed by atoms with Crippen molar-refractivity contribution >= 4 is 52.1 Å². The van der Waals surface area contributed by atoms with Gasteiger partial charge in [-0.05, 0) is 48.2 Å². The first-order valence-electron chi connectivity index (χ1n) is 15.1. The van der Waals surface area contributed by atoms with Crippen LogP contribution in [0.1, 0.15) is 69.2 Å². The van der Waals surface area contributed by atoms with Gasteiger partial charge in [-0.25, -0.2) is 4.98 Å². The molecule has 1 heterocycles. The number of nitrogens with zero attached hydrogens (tertiary/aromatic N) is 4. The quantitative estimate of drug-likeness (QED) is 0.117. The molecule has 1 amide bonds. The Kier molecular flexibility index (Phi) is 12.4. The largest absolute Gasteiger partial charge is 0.360 e. The van der Waals surface area contributed by atoms with Crippen molar-refractivity contribution in [3.63, 3.8) is 0 Å². The van der Waals surface area contributed by atoms with Gasteiger partial charge in [0.25, 0.3) is 5.69 Å². The molecule has 0 saturated heterocycles. The molecular formula is C32H40Cl2N6O3S. The third-order valence-corrected chi connectivity index (χ3v) is 9.58. The molecule has 0 unspecified atom stereocenters. The zero-order valence-electron chi connectivity index (χ0n) is 25.2. The molecule has 4 rings (SSSR count). The van der Waals surface area contributed by atoms with E-state index in [0.29, 0.717) is 40.8 Å². The normalized spacial score (nSPS) is 14.9. The van der Waals surface area contributed by atoms with Crippen molar-refractivity contribution < 1.29 is 9.72 Å². The number of hydrogen-bond donors (Lipinski definition) is 2. The van der Waals surface area contributed by atoms with Crippen LogP contribution < -0.4 is 10.6 Å². The minimum absolute atomic E-state index is 0.0372. The van der Waals surface area contributed by atoms with E-state index in [9.17, 15) is 14.9 Å². The van der Waals surface area contributed by atoms with E-state index in [2.05, 4.69) is 34.4 Å². The fourth-order valence-corrected chi connectivity index (χ4v) is 6.16. The topological polar surface area (TPSA) is 105 Å². The monoisotopic (exact) mass is 658 g/mol. The van der Waals surface area contributed by atoms with E-state index in [1.807, 2.05) is 16.7 Å². The number of halogens is 2. The third-order valence-electron chi connectivity index (χ3n) is 8.35. The fraction of sp³-hybridized carbons (Fsp3) is 0.469. The summed E-state index contributed by atoms with van der Waals surface area (Å²) in [5, 5.41) is 19.5. The van der Waals surface area contributed by atoms with Gasteiger partial charge in [0.05, 0.1) is 27.7 Å². The number of thiocarbonyl (C=S) groups is 1. The number of rotatable bonds is 13. The molecule has 2 aromatic carbocycles. The van der Waals surface area contributed by atoms with Crippen LogP contribution in [0.15, 0.2) is 55.0 Å². The Labute approximate surface area is 274 Å². The lowest BCUT2D eigenvalue weighted by Gasteiger charge is -2.35. The van der Waals surface area contributed by atoms with Gasteiger partial charge in [-0.2, -0.15) is 0 Å². The maximum absolute atomic E-state index is 13.5. The van der Waals surface area contributed by atoms with Crippen LogP contribution in [0.25, 0.3) is 0 Å². The number of nitro benzene ring substituents is 1. The minimum atomic E-state index is -0.423. The van der Waals surface area contributed by atoms with Crippen LogP contribution in [0, 0.1) is 16.0 Å². The van der Waals surface area contributed by atoms with Crippen LogP contribution in [0.5, 0.6) is 0 Å². The number of nitro groups is 1. The minimum Gasteiger partial charge on any atom is -0.360 e. The Morgan fingerprint density at radius 1 is 1.18 bits per heavy atom. The molecule has 1 aromatic heterocycles. The second kappa shape index (κ2) is 16.2. The Hall–Kier alpha value is -3.21. The molecule has 0 radical (unpaired) electrons. The average Bonchev–Trinajstić information content (AvgIpc) is 3.44. The summed E-state index contributed by atoms with van der Waals surface area (Å²) in [6.07, 6.45) is 10.2. The molecule has 0 aliphatic heterocycles. The van der Waals surface area contributed by atoms with E-state index >= 15 is 0 Å². The average molecular weight is 660 g/mol. The Bertz CT molecular complexity index is 1430. The molecule has 1 saturated carbocycles. The molecule has 3 aromatic rings. The molecule has 2 N–H and O–H groups in total. The van der Waals surface area contributed by atoms with Gasteiger partial charge >= 0.3 is 0 Å². The second-order valence-electron chi connectivity index (χ2n) is 11.6. The maximum Gasteiger partial charge on any atom is 0.269 e. The van der Waals surface area contributed by atoms with Gasteiger partial charge in [-0.1, -0.05) is 87.0 Å². The second-order valence-corrected chi connectivity index (χ2v) is 12.7. The molecular weight excluding hydrogens is 619 g/mol. The van der Waals surface area contributed by atoms with Gasteiger partial charge in [-0.3, -0.25) is 14.9 Å². The summed E-state index contributed by atoms with van der Waals surface area (Å²) >= 11 is 18.9. The van der Waals surface area contributed by atoms with Gasteiger partial charge in [0.15, 0.2) is 5.11 Å². The predicted molar refractivity (Wildman–Crippen MR) is 179 cm³/mol. The molecule has 1 aliphatic rings. The SMILES string of the molecule is CC[C@H](C)[C@@H](CN(Cc1cccc(Cl)c1Cl)C(=S)NC1CCCCC1)NC(=O)Cc1cncn1Cc1ccc([N+](=O)[O-])cc1. The molecule has 1 fully saturated rings. The number of nitrogens with one attached hydrogen (secondary N) is 2. The van der Waals surface area contributed by atoms with Crippen LogP contribution in [0.4, 0.5) is 5.69 Å². The standard InChI is InChI=1S/C32H40Cl2N6O3S/c1-3-22(2)29(37-30(41)16-27-17-35-21-39(27)18-23-12-14-26(15-13-23)40(42)43)20-38(19-24-8-7-11-28(33)31(24)34)32(44)36-25-9-5-4-6-10-25/h7-8,11-15,17,21-22,25,29H,3-6,9-10,16,18-20H2,1-2H3,(H,36,44)(H,37,41)/t22-,29+/m0/s1. The third kappa shape index (κ3) is 9.39. The van der Waals surface area contributed by atoms with Gasteiger partial charge in [0, 0.05) is 55.7 Å². The Balaban J connectivity index is 1.47. The molecule has 236 valence electrons. The number of benzene rings is 2. The van der Waals surface area contributed by atoms with E-state index < -0.39 is 4.92 Å². The highest BCUT2D eigenvalue weighted by Gasteiger charge is 2.26. The summed E-state index contributed by atoms with van der Waals surface area (Å²) in [7, 11) is 0. The lowest BCUT2D eigenvalue weighted by atomic mass is 9.95. The summed E-state index contributed by atoms with van der Waals surface area (Å²) in [4.78, 5) is 30.4. The summed E-state index contributed by atoms with van der Waals surface area (Å²) in [6.45, 7) is 5.66. The van der Waals surface area contributed by atoms with Gasteiger partial charge in [0.1, 0.15) is 0 Å². The van der Waals surface area contributed by atoms with Crippen LogP contribution in [0.2, 0.25) is 10.0 Å². The summed E-state index contributed by atoms with van der Waals surface area (Å²) in [5.74, 6) is 0.0615. The van der Waals surface area contributed by atoms with Crippen molar-refractivity contribution in [2.24, 2.45) is 5.92 Å². The highest BCUT2D eigenvalue weighted by Crippen LogP contribution is 2.27. The molecule has 44 heavy (non-hydrogen) atoms. The maximum atomic E-state index is 13.5. The lowest BCUT2D eigenvalue weighted by molar-refractivity contribution is -0.384. The van der Waals surface area contributed by atoms with Gasteiger partial charge in [-0.15, -0.1) is 0 Å². The lowest BCUT2D eigenvalue weighted by Crippen LogP contribution is -2.52. The van der Waals surface area contributed by atoms with Crippen molar-refractivity contribution in [1.82, 2.24) is 25.1 Å². The van der Waals surface area contributed by atoms with Crippen molar-refractivity contribution in [3.8, 4) is 0 Å². The fourth-order valence-electron chi connectivity index (χ4n) is 5.48. The Morgan fingerprint density at radius 2 is 1.91 bits per heavy atom. The highest BCUT2D eigenvalue weighted by molar-refractivity contribution is 7.80. The van der Waals surface area contributed by atoms with E-state index in [1.54, 1.807) is 30.7 Å². The first kappa shape index (κ1) is 33.7. The van der Waals surface area contributed by atoms with E-state index in [1.165, 1.54) is 31.4 Å². The highest BCUT2D eigenvalue weighted by atomic mass is 35.5. The zero-order valence-corrected chi connectivity index (χ0v) is 27.5. The summed E-state index contributed by atoms with van der Waals surface area (Å²) in [5.41, 5.74) is 2.54. The molecule has 12 heteroatoms. The predicted octanol–water partition coefficient (Wildman–Crippen LogP) is 6.93. The summed E-state index contributed by atoms with van der Waals surface area (Å²) in [6, 6.07) is 12.1. The number of imidazole rings is 1. The molecule has 9 nitrogen and oxygen atoms in total. The molecule has 0 bridgehead atoms. The number of hydrogen-bond acceptors (Lipinski definition) is 5. The van der Waals surface area contributed by atoms with Crippen molar-refractivity contribution in [1.29, 1.82) is 0 Å². The number of carbonyl (C=O) groups excluding carboxylic acids is 1. The van der Waals surface area contributed by atoms with Crippen LogP contribution in [0.3, 0.4) is 0 Å². The molecule has 2 atom stereocenters. The van der Waals surface area contributed by atoms with Crippen molar-refractivity contribution in [3.05, 3.63) is 92.0 Å². The van der Waals surface area contributed by atoms with E-state index in [4.69, 9.17) is 35.4 Å². The Morgan fingerprint density at radius 3 is 2.59 bits per heavy atom. The van der Waals surface area contributed by atoms with Crippen molar-refractivity contribution in [2.45, 2.75) is 84.0 Å². The van der Waals surface area contributed by atoms with E-state index in [0.717, 1.165) is 36.1 Å². The van der Waals surface area contributed by atoms with Crippen LogP contribution in [-0.2, 0) is 24.3 Å². The van der Waals surface area contributed by atoms with Crippen molar-refractivity contribution in [2.75, 3.05) is 6.54 Å². The molecule has 0 spiro atoms. The first-order chi connectivity index (χ1) is 21.1. The van der Waals surface area contributed by atoms with Crippen LogP contribution >= 0.6 is 35.4 Å². The zero-order chi connectivity index (χ0) is 31.6. The van der Waals surface area contributed by atoms with Gasteiger partial charge in [0.2, 0.25) is 5.91 Å². The van der Waals surface area contributed by atoms with E-state index in [-0.39, 0.29) is 30.0 Å². The number of carbonyl (C=O) groups is 1. The number of non-ortho nitro benzene ring substituents is 1. The first-order valence-corrected chi connectivity index (χ1v) is 16.3. The summed E-state index contributed by atoms with van der Waals surface area (Å²) < 4.78 is 1.88. The van der Waals surface area contributed by atoms with Gasteiger partial charge < -0.3 is 20.1 Å². The number of aromatic nitrogens is 2. The number of amides is 1. The smallest absolute Gasteiger partial charge is 0.269 e. The molecule has 1 aliphatic carbocycles.